The van der Waals surface area contributed by atoms with Crippen LogP contribution < -0.4 is 4.90 Å². The van der Waals surface area contributed by atoms with Gasteiger partial charge in [-0.1, -0.05) is 131 Å². The summed E-state index contributed by atoms with van der Waals surface area (Å²) in [6.07, 6.45) is 12.2. The third-order valence-electron chi connectivity index (χ3n) is 14.5. The zero-order valence-electron chi connectivity index (χ0n) is 32.4. The van der Waals surface area contributed by atoms with Crippen molar-refractivity contribution in [3.05, 3.63) is 162 Å². The molecule has 4 aliphatic carbocycles. The molecule has 0 radical (unpaired) electrons. The maximum atomic E-state index is 2.63. The van der Waals surface area contributed by atoms with E-state index in [0.717, 1.165) is 17.8 Å². The summed E-state index contributed by atoms with van der Waals surface area (Å²) in [6, 6.07) is 54.0. The Labute approximate surface area is 327 Å². The molecule has 3 saturated carbocycles. The molecule has 0 N–H and O–H groups in total. The molecule has 3 unspecified atom stereocenters. The highest BCUT2D eigenvalue weighted by molar-refractivity contribution is 5.94. The van der Waals surface area contributed by atoms with Crippen LogP contribution in [0.2, 0.25) is 0 Å². The van der Waals surface area contributed by atoms with Crippen LogP contribution in [0.15, 0.2) is 140 Å². The smallest absolute Gasteiger partial charge is 0.0502 e. The van der Waals surface area contributed by atoms with Crippen molar-refractivity contribution in [2.24, 2.45) is 11.8 Å². The van der Waals surface area contributed by atoms with Crippen molar-refractivity contribution in [3.8, 4) is 22.3 Å². The average Bonchev–Trinajstić information content (AvgIpc) is 3.94. The first-order chi connectivity index (χ1) is 27.0. The summed E-state index contributed by atoms with van der Waals surface area (Å²) in [5, 5.41) is 5.24. The predicted octanol–water partition coefficient (Wildman–Crippen LogP) is 15.4. The number of hydrogen-bond donors (Lipinski definition) is 0. The van der Waals surface area contributed by atoms with Gasteiger partial charge >= 0.3 is 0 Å². The van der Waals surface area contributed by atoms with E-state index in [-0.39, 0.29) is 5.41 Å². The number of nitrogens with zero attached hydrogens (tertiary/aromatic N) is 1. The number of hydrogen-bond acceptors (Lipinski definition) is 1. The molecule has 272 valence electrons. The summed E-state index contributed by atoms with van der Waals surface area (Å²) < 4.78 is 0. The molecule has 3 fully saturated rings. The highest BCUT2D eigenvalue weighted by Crippen LogP contribution is 2.55. The van der Waals surface area contributed by atoms with E-state index in [0.29, 0.717) is 5.92 Å². The Balaban J connectivity index is 1.05. The van der Waals surface area contributed by atoms with E-state index in [1.165, 1.54) is 135 Å². The molecule has 1 heteroatoms. The Morgan fingerprint density at radius 3 is 1.95 bits per heavy atom. The summed E-state index contributed by atoms with van der Waals surface area (Å²) >= 11 is 0. The van der Waals surface area contributed by atoms with E-state index in [1.807, 2.05) is 0 Å². The fourth-order valence-corrected chi connectivity index (χ4v) is 11.6. The molecule has 1 nitrogen and oxygen atoms in total. The Morgan fingerprint density at radius 2 is 1.20 bits per heavy atom. The number of benzene rings is 7. The van der Waals surface area contributed by atoms with Crippen molar-refractivity contribution in [2.45, 2.75) is 88.9 Å². The van der Waals surface area contributed by atoms with Gasteiger partial charge in [-0.3, -0.25) is 0 Å². The van der Waals surface area contributed by atoms with Crippen LogP contribution >= 0.6 is 0 Å². The molecule has 4 aliphatic rings. The first-order valence-corrected chi connectivity index (χ1v) is 21.2. The van der Waals surface area contributed by atoms with Gasteiger partial charge in [-0.15, -0.1) is 0 Å². The average molecular weight is 714 g/mol. The lowest BCUT2D eigenvalue weighted by molar-refractivity contribution is 0.420. The highest BCUT2D eigenvalue weighted by atomic mass is 15.1. The third-order valence-corrected chi connectivity index (χ3v) is 14.5. The van der Waals surface area contributed by atoms with E-state index in [1.54, 1.807) is 5.56 Å². The lowest BCUT2D eigenvalue weighted by atomic mass is 9.81. The van der Waals surface area contributed by atoms with Crippen molar-refractivity contribution in [3.63, 3.8) is 0 Å². The standard InChI is InChI=1S/C54H51N/c1-54(2)51-27-22-43(42-19-18-36-10-6-7-13-39(36)30-42)32-50(51)47-26-25-46(34-52(47)54)55(45-23-20-38(21-24-45)48-29-35-16-17-44(48)28-35)53-33-41-15-9-8-14-40(41)31-49(53)37-11-4-3-5-12-37/h6-10,13-15,18-27,30-35,37,44,48H,3-5,11-12,16-17,28-29H2,1-2H3. The monoisotopic (exact) mass is 713 g/mol. The minimum absolute atomic E-state index is 0.116. The topological polar surface area (TPSA) is 3.24 Å². The van der Waals surface area contributed by atoms with E-state index >= 15 is 0 Å². The van der Waals surface area contributed by atoms with Crippen LogP contribution in [0.3, 0.4) is 0 Å². The first kappa shape index (κ1) is 33.2. The van der Waals surface area contributed by atoms with Crippen molar-refractivity contribution in [2.75, 3.05) is 4.90 Å². The normalized spacial score (nSPS) is 21.2. The minimum atomic E-state index is -0.116. The summed E-state index contributed by atoms with van der Waals surface area (Å²) in [7, 11) is 0. The number of rotatable bonds is 6. The maximum absolute atomic E-state index is 2.63. The number of anilines is 3. The molecule has 0 amide bonds. The molecule has 0 spiro atoms. The molecule has 7 aromatic rings. The highest BCUT2D eigenvalue weighted by Gasteiger charge is 2.40. The van der Waals surface area contributed by atoms with E-state index < -0.39 is 0 Å². The van der Waals surface area contributed by atoms with Gasteiger partial charge in [0.05, 0.1) is 5.69 Å². The van der Waals surface area contributed by atoms with Crippen molar-refractivity contribution in [1.82, 2.24) is 0 Å². The van der Waals surface area contributed by atoms with E-state index in [9.17, 15) is 0 Å². The van der Waals surface area contributed by atoms with E-state index in [2.05, 4.69) is 158 Å². The molecule has 11 rings (SSSR count). The Hall–Kier alpha value is -5.14. The summed E-state index contributed by atoms with van der Waals surface area (Å²) in [5.74, 6) is 3.14. The predicted molar refractivity (Wildman–Crippen MR) is 233 cm³/mol. The van der Waals surface area contributed by atoms with Gasteiger partial charge < -0.3 is 4.90 Å². The lowest BCUT2D eigenvalue weighted by Crippen LogP contribution is -2.18. The van der Waals surface area contributed by atoms with E-state index in [4.69, 9.17) is 0 Å². The van der Waals surface area contributed by atoms with Gasteiger partial charge in [0.15, 0.2) is 0 Å². The van der Waals surface area contributed by atoms with Crippen LogP contribution in [0.25, 0.3) is 43.8 Å². The van der Waals surface area contributed by atoms with Gasteiger partial charge in [-0.2, -0.15) is 0 Å². The zero-order chi connectivity index (χ0) is 36.7. The SMILES string of the molecule is CC1(C)c2ccc(-c3ccc4ccccc4c3)cc2-c2ccc(N(c3ccc(C4CC5CCC4C5)cc3)c3cc4ccccc4cc3C3CCCCC3)cc21. The molecule has 0 aromatic heterocycles. The fraction of sp³-hybridized carbons (Fsp3) is 0.296. The van der Waals surface area contributed by atoms with Crippen LogP contribution in [-0.4, -0.2) is 0 Å². The molecule has 0 saturated heterocycles. The molecule has 0 aliphatic heterocycles. The molecule has 0 heterocycles. The molecular formula is C54H51N. The second-order valence-corrected chi connectivity index (χ2v) is 18.0. The van der Waals surface area contributed by atoms with Crippen LogP contribution in [0.4, 0.5) is 17.1 Å². The minimum Gasteiger partial charge on any atom is -0.310 e. The van der Waals surface area contributed by atoms with Crippen molar-refractivity contribution in [1.29, 1.82) is 0 Å². The number of fused-ring (bicyclic) bond motifs is 7. The van der Waals surface area contributed by atoms with Gasteiger partial charge in [0.1, 0.15) is 0 Å². The summed E-state index contributed by atoms with van der Waals surface area (Å²) in [5.41, 5.74) is 14.9. The Kier molecular flexibility index (Phi) is 7.84. The fourth-order valence-electron chi connectivity index (χ4n) is 11.6. The second kappa shape index (κ2) is 13.0. The first-order valence-electron chi connectivity index (χ1n) is 21.2. The summed E-state index contributed by atoms with van der Waals surface area (Å²) in [4.78, 5) is 2.63. The maximum Gasteiger partial charge on any atom is 0.0502 e. The van der Waals surface area contributed by atoms with Crippen LogP contribution in [-0.2, 0) is 5.41 Å². The van der Waals surface area contributed by atoms with Crippen molar-refractivity contribution >= 4 is 38.6 Å². The lowest BCUT2D eigenvalue weighted by Gasteiger charge is -2.33. The van der Waals surface area contributed by atoms with Crippen molar-refractivity contribution < 1.29 is 0 Å². The second-order valence-electron chi connectivity index (χ2n) is 18.0. The van der Waals surface area contributed by atoms with Crippen LogP contribution in [0, 0.1) is 11.8 Å². The Bertz CT molecular complexity index is 2580. The van der Waals surface area contributed by atoms with Gasteiger partial charge in [-0.25, -0.2) is 0 Å². The van der Waals surface area contributed by atoms with Gasteiger partial charge in [0.25, 0.3) is 0 Å². The van der Waals surface area contributed by atoms with Gasteiger partial charge in [-0.05, 0) is 170 Å². The molecule has 7 aromatic carbocycles. The molecule has 55 heavy (non-hydrogen) atoms. The molecular weight excluding hydrogens is 663 g/mol. The Morgan fingerprint density at radius 1 is 0.509 bits per heavy atom. The quantitative estimate of drug-likeness (QED) is 0.166. The third kappa shape index (κ3) is 5.56. The molecule has 2 bridgehead atoms. The van der Waals surface area contributed by atoms with Gasteiger partial charge in [0, 0.05) is 16.8 Å². The molecule has 3 atom stereocenters. The largest absolute Gasteiger partial charge is 0.310 e. The van der Waals surface area contributed by atoms with Crippen LogP contribution in [0.5, 0.6) is 0 Å². The van der Waals surface area contributed by atoms with Gasteiger partial charge in [0.2, 0.25) is 0 Å². The summed E-state index contributed by atoms with van der Waals surface area (Å²) in [6.45, 7) is 4.85. The van der Waals surface area contributed by atoms with Crippen LogP contribution in [0.1, 0.15) is 106 Å². The zero-order valence-corrected chi connectivity index (χ0v) is 32.4.